The molecule has 4 aromatic rings. The van der Waals surface area contributed by atoms with Gasteiger partial charge in [-0.2, -0.15) is 0 Å². The first-order valence-electron chi connectivity index (χ1n) is 11.9. The molecule has 5 rings (SSSR count). The van der Waals surface area contributed by atoms with Crippen molar-refractivity contribution >= 4 is 11.7 Å². The fraction of sp³-hybridized carbons (Fsp3) is 0.385. The Morgan fingerprint density at radius 2 is 1.97 bits per heavy atom. The van der Waals surface area contributed by atoms with Gasteiger partial charge in [-0.05, 0) is 52.8 Å². The van der Waals surface area contributed by atoms with Crippen molar-refractivity contribution in [3.63, 3.8) is 0 Å². The van der Waals surface area contributed by atoms with Crippen LogP contribution in [-0.4, -0.2) is 47.1 Å². The molecule has 1 aliphatic heterocycles. The fourth-order valence-electron chi connectivity index (χ4n) is 4.32. The summed E-state index contributed by atoms with van der Waals surface area (Å²) in [5.41, 5.74) is 3.43. The van der Waals surface area contributed by atoms with Crippen molar-refractivity contribution in [1.29, 1.82) is 0 Å². The first kappa shape index (κ1) is 23.8. The Morgan fingerprint density at radius 3 is 2.69 bits per heavy atom. The minimum absolute atomic E-state index is 0.339. The second kappa shape index (κ2) is 8.92. The van der Waals surface area contributed by atoms with Crippen LogP contribution in [-0.2, 0) is 17.8 Å². The second-order valence-corrected chi connectivity index (χ2v) is 9.91. The van der Waals surface area contributed by atoms with E-state index >= 15 is 0 Å². The van der Waals surface area contributed by atoms with E-state index in [1.54, 1.807) is 17.2 Å². The number of rotatable bonds is 4. The Labute approximate surface area is 208 Å². The summed E-state index contributed by atoms with van der Waals surface area (Å²) in [4.78, 5) is 27.8. The van der Waals surface area contributed by atoms with Crippen LogP contribution < -0.4 is 4.74 Å². The van der Waals surface area contributed by atoms with Gasteiger partial charge in [0.25, 0.3) is 0 Å². The molecule has 0 radical (unpaired) electrons. The first-order valence-corrected chi connectivity index (χ1v) is 11.9. The SMILES string of the molecule is Cc1c(-c2cc(OC(C)c3ccc(F)cn3)n3ccnc3c2)nc2n1CCN(C(=O)OC(C)(C)C)C2. The van der Waals surface area contributed by atoms with Gasteiger partial charge in [0.15, 0.2) is 0 Å². The van der Waals surface area contributed by atoms with E-state index in [1.807, 2.05) is 57.3 Å². The molecular weight excluding hydrogens is 463 g/mol. The van der Waals surface area contributed by atoms with Gasteiger partial charge in [-0.25, -0.2) is 19.2 Å². The lowest BCUT2D eigenvalue weighted by Gasteiger charge is -2.30. The minimum Gasteiger partial charge on any atom is -0.469 e. The van der Waals surface area contributed by atoms with Gasteiger partial charge in [0.1, 0.15) is 29.0 Å². The zero-order valence-corrected chi connectivity index (χ0v) is 21.0. The topological polar surface area (TPSA) is 86.8 Å². The molecule has 0 aromatic carbocycles. The molecule has 5 heterocycles. The zero-order chi connectivity index (χ0) is 25.6. The van der Waals surface area contributed by atoms with Crippen LogP contribution in [0, 0.1) is 12.7 Å². The van der Waals surface area contributed by atoms with E-state index in [0.29, 0.717) is 36.9 Å². The largest absolute Gasteiger partial charge is 0.469 e. The third-order valence-electron chi connectivity index (χ3n) is 6.09. The number of carbonyl (C=O) groups is 1. The number of ether oxygens (including phenoxy) is 2. The molecule has 0 spiro atoms. The highest BCUT2D eigenvalue weighted by atomic mass is 19.1. The molecule has 36 heavy (non-hydrogen) atoms. The number of halogens is 1. The number of nitrogens with zero attached hydrogens (tertiary/aromatic N) is 6. The third kappa shape index (κ3) is 4.62. The number of pyridine rings is 2. The van der Waals surface area contributed by atoms with E-state index in [-0.39, 0.29) is 6.09 Å². The van der Waals surface area contributed by atoms with E-state index in [0.717, 1.165) is 22.8 Å². The molecule has 0 bridgehead atoms. The Hall–Kier alpha value is -3.95. The molecular formula is C26H29FN6O3. The Morgan fingerprint density at radius 1 is 1.17 bits per heavy atom. The normalized spacial score (nSPS) is 14.6. The van der Waals surface area contributed by atoms with Gasteiger partial charge in [0.2, 0.25) is 5.88 Å². The van der Waals surface area contributed by atoms with E-state index in [1.165, 1.54) is 12.3 Å². The summed E-state index contributed by atoms with van der Waals surface area (Å²) < 4.78 is 29.1. The lowest BCUT2D eigenvalue weighted by atomic mass is 10.1. The number of fused-ring (bicyclic) bond motifs is 2. The van der Waals surface area contributed by atoms with Gasteiger partial charge in [0.05, 0.1) is 24.1 Å². The highest BCUT2D eigenvalue weighted by Crippen LogP contribution is 2.32. The lowest BCUT2D eigenvalue weighted by Crippen LogP contribution is -2.41. The quantitative estimate of drug-likeness (QED) is 0.402. The maximum Gasteiger partial charge on any atom is 0.410 e. The summed E-state index contributed by atoms with van der Waals surface area (Å²) in [6, 6.07) is 6.85. The van der Waals surface area contributed by atoms with Crippen LogP contribution in [0.25, 0.3) is 16.9 Å². The number of imidazole rings is 2. The molecule has 9 nitrogen and oxygen atoms in total. The van der Waals surface area contributed by atoms with Gasteiger partial charge >= 0.3 is 6.09 Å². The van der Waals surface area contributed by atoms with E-state index in [4.69, 9.17) is 14.5 Å². The van der Waals surface area contributed by atoms with Crippen LogP contribution in [0.2, 0.25) is 0 Å². The van der Waals surface area contributed by atoms with Crippen molar-refractivity contribution in [3.05, 3.63) is 65.9 Å². The van der Waals surface area contributed by atoms with Crippen LogP contribution in [0.5, 0.6) is 5.88 Å². The Balaban J connectivity index is 1.45. The average Bonchev–Trinajstić information content (AvgIpc) is 3.42. The molecule has 0 saturated heterocycles. The zero-order valence-electron chi connectivity index (χ0n) is 21.0. The number of aromatic nitrogens is 5. The van der Waals surface area contributed by atoms with Gasteiger partial charge in [-0.3, -0.25) is 14.3 Å². The van der Waals surface area contributed by atoms with Crippen molar-refractivity contribution in [2.75, 3.05) is 6.54 Å². The molecule has 0 aliphatic carbocycles. The van der Waals surface area contributed by atoms with Crippen LogP contribution >= 0.6 is 0 Å². The minimum atomic E-state index is -0.554. The maximum atomic E-state index is 13.3. The molecule has 1 amide bonds. The number of hydrogen-bond donors (Lipinski definition) is 0. The predicted octanol–water partition coefficient (Wildman–Crippen LogP) is 4.93. The third-order valence-corrected chi connectivity index (χ3v) is 6.09. The number of carbonyl (C=O) groups excluding carboxylic acids is 1. The fourth-order valence-corrected chi connectivity index (χ4v) is 4.32. The molecule has 188 valence electrons. The van der Waals surface area contributed by atoms with Gasteiger partial charge in [-0.15, -0.1) is 0 Å². The molecule has 1 unspecified atom stereocenters. The number of hydrogen-bond acceptors (Lipinski definition) is 6. The first-order chi connectivity index (χ1) is 17.1. The summed E-state index contributed by atoms with van der Waals surface area (Å²) in [6.45, 7) is 11.0. The summed E-state index contributed by atoms with van der Waals surface area (Å²) >= 11 is 0. The van der Waals surface area contributed by atoms with Crippen molar-refractivity contribution in [2.45, 2.75) is 59.4 Å². The van der Waals surface area contributed by atoms with Gasteiger partial charge in [-0.1, -0.05) is 0 Å². The lowest BCUT2D eigenvalue weighted by molar-refractivity contribution is 0.0194. The van der Waals surface area contributed by atoms with Crippen molar-refractivity contribution in [1.82, 2.24) is 28.8 Å². The molecule has 4 aromatic heterocycles. The van der Waals surface area contributed by atoms with Gasteiger partial charge in [0, 0.05) is 42.8 Å². The van der Waals surface area contributed by atoms with Crippen LogP contribution in [0.15, 0.2) is 42.9 Å². The Bertz CT molecular complexity index is 1420. The Kier molecular flexibility index (Phi) is 5.89. The van der Waals surface area contributed by atoms with E-state index in [9.17, 15) is 9.18 Å². The van der Waals surface area contributed by atoms with Crippen molar-refractivity contribution < 1.29 is 18.7 Å². The van der Waals surface area contributed by atoms with Gasteiger partial charge < -0.3 is 14.0 Å². The highest BCUT2D eigenvalue weighted by molar-refractivity contribution is 5.70. The summed E-state index contributed by atoms with van der Waals surface area (Å²) in [7, 11) is 0. The molecule has 1 atom stereocenters. The molecule has 0 saturated carbocycles. The molecule has 1 aliphatic rings. The van der Waals surface area contributed by atoms with Crippen molar-refractivity contribution in [2.24, 2.45) is 0 Å². The average molecular weight is 493 g/mol. The highest BCUT2D eigenvalue weighted by Gasteiger charge is 2.29. The van der Waals surface area contributed by atoms with E-state index in [2.05, 4.69) is 14.5 Å². The standard InChI is InChI=1S/C26H29FN6O3/c1-16-24(30-22-15-31(10-11-32(16)22)25(34)36-26(3,4)5)18-12-21-28-8-9-33(21)23(13-18)35-17(2)20-7-6-19(27)14-29-20/h6-9,12-14,17H,10-11,15H2,1-5H3. The monoisotopic (exact) mass is 492 g/mol. The van der Waals surface area contributed by atoms with Crippen molar-refractivity contribution in [3.8, 4) is 17.1 Å². The van der Waals surface area contributed by atoms with Crippen LogP contribution in [0.1, 0.15) is 51.0 Å². The van der Waals surface area contributed by atoms with Crippen LogP contribution in [0.3, 0.4) is 0 Å². The maximum absolute atomic E-state index is 13.3. The molecule has 10 heteroatoms. The smallest absolute Gasteiger partial charge is 0.410 e. The molecule has 0 fully saturated rings. The summed E-state index contributed by atoms with van der Waals surface area (Å²) in [5.74, 6) is 0.975. The summed E-state index contributed by atoms with van der Waals surface area (Å²) in [5, 5.41) is 0. The number of amides is 1. The second-order valence-electron chi connectivity index (χ2n) is 9.91. The summed E-state index contributed by atoms with van der Waals surface area (Å²) in [6.07, 6.45) is 3.95. The molecule has 0 N–H and O–H groups in total. The van der Waals surface area contributed by atoms with Crippen LogP contribution in [0.4, 0.5) is 9.18 Å². The van der Waals surface area contributed by atoms with E-state index < -0.39 is 17.5 Å². The predicted molar refractivity (Wildman–Crippen MR) is 131 cm³/mol.